The summed E-state index contributed by atoms with van der Waals surface area (Å²) in [5, 5.41) is 3.90. The van der Waals surface area contributed by atoms with E-state index in [1.54, 1.807) is 6.20 Å². The molecular weight excluding hydrogens is 338 g/mol. The molecule has 0 unspecified atom stereocenters. The topological polar surface area (TPSA) is 29.9 Å². The van der Waals surface area contributed by atoms with Crippen molar-refractivity contribution in [1.82, 2.24) is 9.55 Å². The molecule has 0 bridgehead atoms. The van der Waals surface area contributed by atoms with E-state index in [2.05, 4.69) is 26.2 Å². The van der Waals surface area contributed by atoms with Crippen LogP contribution in [0.2, 0.25) is 5.02 Å². The van der Waals surface area contributed by atoms with E-state index in [1.807, 2.05) is 59.3 Å². The lowest BCUT2D eigenvalue weighted by Gasteiger charge is -2.11. The molecule has 0 saturated heterocycles. The van der Waals surface area contributed by atoms with Gasteiger partial charge in [0.15, 0.2) is 0 Å². The lowest BCUT2D eigenvalue weighted by Crippen LogP contribution is -2.01. The Bertz CT molecular complexity index is 725. The number of para-hydroxylation sites is 1. The Labute approximate surface area is 130 Å². The van der Waals surface area contributed by atoms with E-state index in [0.29, 0.717) is 5.02 Å². The fourth-order valence-corrected chi connectivity index (χ4v) is 2.43. The third kappa shape index (κ3) is 2.71. The summed E-state index contributed by atoms with van der Waals surface area (Å²) in [5.41, 5.74) is 1.85. The molecule has 0 aliphatic rings. The maximum Gasteiger partial charge on any atom is 0.212 e. The van der Waals surface area contributed by atoms with Crippen molar-refractivity contribution < 1.29 is 0 Å². The minimum atomic E-state index is 0.649. The van der Waals surface area contributed by atoms with Crippen molar-refractivity contribution in [2.45, 2.75) is 0 Å². The Morgan fingerprint density at radius 3 is 2.70 bits per heavy atom. The van der Waals surface area contributed by atoms with Crippen molar-refractivity contribution in [1.29, 1.82) is 0 Å². The number of halogens is 2. The van der Waals surface area contributed by atoms with Gasteiger partial charge < -0.3 is 5.32 Å². The number of nitrogens with one attached hydrogen (secondary N) is 1. The van der Waals surface area contributed by atoms with E-state index >= 15 is 0 Å². The van der Waals surface area contributed by atoms with Gasteiger partial charge >= 0.3 is 0 Å². The number of nitrogens with zero attached hydrogens (tertiary/aromatic N) is 2. The van der Waals surface area contributed by atoms with Gasteiger partial charge in [-0.2, -0.15) is 0 Å². The van der Waals surface area contributed by atoms with E-state index in [0.717, 1.165) is 21.8 Å². The first-order chi connectivity index (χ1) is 9.74. The monoisotopic (exact) mass is 347 g/mol. The van der Waals surface area contributed by atoms with Crippen LogP contribution in [0.5, 0.6) is 0 Å². The first-order valence-electron chi connectivity index (χ1n) is 6.05. The van der Waals surface area contributed by atoms with Crippen molar-refractivity contribution in [3.05, 3.63) is 70.4 Å². The highest BCUT2D eigenvalue weighted by Crippen LogP contribution is 2.28. The SMILES string of the molecule is Clc1ccc(Br)cc1Nc1nccn1-c1ccccc1. The second kappa shape index (κ2) is 5.69. The van der Waals surface area contributed by atoms with E-state index < -0.39 is 0 Å². The quantitative estimate of drug-likeness (QED) is 0.719. The molecule has 0 saturated carbocycles. The standard InChI is InChI=1S/C15H11BrClN3/c16-11-6-7-13(17)14(10-11)19-15-18-8-9-20(15)12-4-2-1-3-5-12/h1-10H,(H,18,19). The van der Waals surface area contributed by atoms with Gasteiger partial charge in [-0.3, -0.25) is 4.57 Å². The highest BCUT2D eigenvalue weighted by Gasteiger charge is 2.07. The zero-order chi connectivity index (χ0) is 13.9. The molecule has 0 atom stereocenters. The van der Waals surface area contributed by atoms with Crippen LogP contribution in [0.25, 0.3) is 5.69 Å². The molecule has 0 fully saturated rings. The summed E-state index contributed by atoms with van der Waals surface area (Å²) in [5.74, 6) is 0.719. The molecule has 0 amide bonds. The number of rotatable bonds is 3. The average Bonchev–Trinajstić information content (AvgIpc) is 2.92. The van der Waals surface area contributed by atoms with E-state index in [4.69, 9.17) is 11.6 Å². The Morgan fingerprint density at radius 2 is 1.90 bits per heavy atom. The zero-order valence-electron chi connectivity index (χ0n) is 10.4. The molecule has 1 aromatic heterocycles. The van der Waals surface area contributed by atoms with Crippen LogP contribution < -0.4 is 5.32 Å². The van der Waals surface area contributed by atoms with Gasteiger partial charge in [0.2, 0.25) is 5.95 Å². The molecule has 3 rings (SSSR count). The van der Waals surface area contributed by atoms with Gasteiger partial charge in [-0.25, -0.2) is 4.98 Å². The zero-order valence-corrected chi connectivity index (χ0v) is 12.8. The number of imidazole rings is 1. The maximum atomic E-state index is 6.19. The minimum Gasteiger partial charge on any atom is -0.324 e. The second-order valence-corrected chi connectivity index (χ2v) is 5.53. The minimum absolute atomic E-state index is 0.649. The number of hydrogen-bond acceptors (Lipinski definition) is 2. The van der Waals surface area contributed by atoms with E-state index in [9.17, 15) is 0 Å². The Hall–Kier alpha value is -1.78. The summed E-state index contributed by atoms with van der Waals surface area (Å²) in [6, 6.07) is 15.7. The Balaban J connectivity index is 1.97. The summed E-state index contributed by atoms with van der Waals surface area (Å²) in [4.78, 5) is 4.34. The number of benzene rings is 2. The molecule has 100 valence electrons. The summed E-state index contributed by atoms with van der Waals surface area (Å²) in [7, 11) is 0. The first kappa shape index (κ1) is 13.2. The highest BCUT2D eigenvalue weighted by molar-refractivity contribution is 9.10. The van der Waals surface area contributed by atoms with Crippen molar-refractivity contribution in [2.75, 3.05) is 5.32 Å². The van der Waals surface area contributed by atoms with Gasteiger partial charge in [-0.15, -0.1) is 0 Å². The largest absolute Gasteiger partial charge is 0.324 e. The molecule has 0 spiro atoms. The lowest BCUT2D eigenvalue weighted by atomic mass is 10.3. The highest BCUT2D eigenvalue weighted by atomic mass is 79.9. The molecule has 0 aliphatic heterocycles. The van der Waals surface area contributed by atoms with Gasteiger partial charge in [-0.05, 0) is 30.3 Å². The summed E-state index contributed by atoms with van der Waals surface area (Å²) in [6.45, 7) is 0. The summed E-state index contributed by atoms with van der Waals surface area (Å²) >= 11 is 9.63. The molecular formula is C15H11BrClN3. The molecule has 3 aromatic rings. The van der Waals surface area contributed by atoms with Gasteiger partial charge in [0, 0.05) is 22.6 Å². The van der Waals surface area contributed by atoms with Crippen LogP contribution in [0.4, 0.5) is 11.6 Å². The van der Waals surface area contributed by atoms with Crippen LogP contribution in [-0.4, -0.2) is 9.55 Å². The van der Waals surface area contributed by atoms with Gasteiger partial charge in [0.1, 0.15) is 0 Å². The van der Waals surface area contributed by atoms with Crippen molar-refractivity contribution >= 4 is 39.2 Å². The van der Waals surface area contributed by atoms with Gasteiger partial charge in [0.05, 0.1) is 10.7 Å². The van der Waals surface area contributed by atoms with Crippen LogP contribution in [-0.2, 0) is 0 Å². The normalized spacial score (nSPS) is 10.5. The molecule has 0 radical (unpaired) electrons. The first-order valence-corrected chi connectivity index (χ1v) is 7.22. The summed E-state index contributed by atoms with van der Waals surface area (Å²) in [6.07, 6.45) is 3.66. The van der Waals surface area contributed by atoms with E-state index in [-0.39, 0.29) is 0 Å². The predicted octanol–water partition coefficient (Wildman–Crippen LogP) is 5.03. The number of aromatic nitrogens is 2. The average molecular weight is 349 g/mol. The fraction of sp³-hybridized carbons (Fsp3) is 0. The van der Waals surface area contributed by atoms with Gasteiger partial charge in [0.25, 0.3) is 0 Å². The smallest absolute Gasteiger partial charge is 0.212 e. The molecule has 1 N–H and O–H groups in total. The van der Waals surface area contributed by atoms with Crippen LogP contribution in [0.15, 0.2) is 65.4 Å². The third-order valence-electron chi connectivity index (χ3n) is 2.85. The lowest BCUT2D eigenvalue weighted by molar-refractivity contribution is 1.06. The van der Waals surface area contributed by atoms with Crippen molar-refractivity contribution in [3.8, 4) is 5.69 Å². The Morgan fingerprint density at radius 1 is 1.10 bits per heavy atom. The van der Waals surface area contributed by atoms with Crippen molar-refractivity contribution in [3.63, 3.8) is 0 Å². The molecule has 5 heteroatoms. The second-order valence-electron chi connectivity index (χ2n) is 4.21. The Kier molecular flexibility index (Phi) is 3.76. The fourth-order valence-electron chi connectivity index (χ4n) is 1.91. The van der Waals surface area contributed by atoms with E-state index in [1.165, 1.54) is 0 Å². The number of anilines is 2. The van der Waals surface area contributed by atoms with Gasteiger partial charge in [-0.1, -0.05) is 45.7 Å². The molecule has 1 heterocycles. The molecule has 0 aliphatic carbocycles. The van der Waals surface area contributed by atoms with Crippen LogP contribution >= 0.6 is 27.5 Å². The van der Waals surface area contributed by atoms with Crippen molar-refractivity contribution in [2.24, 2.45) is 0 Å². The maximum absolute atomic E-state index is 6.19. The van der Waals surface area contributed by atoms with Crippen LogP contribution in [0, 0.1) is 0 Å². The summed E-state index contributed by atoms with van der Waals surface area (Å²) < 4.78 is 2.93. The molecule has 20 heavy (non-hydrogen) atoms. The number of hydrogen-bond donors (Lipinski definition) is 1. The molecule has 2 aromatic carbocycles. The van der Waals surface area contributed by atoms with Crippen LogP contribution in [0.3, 0.4) is 0 Å². The third-order valence-corrected chi connectivity index (χ3v) is 3.67. The molecule has 3 nitrogen and oxygen atoms in total. The van der Waals surface area contributed by atoms with Crippen LogP contribution in [0.1, 0.15) is 0 Å². The predicted molar refractivity (Wildman–Crippen MR) is 86.0 cm³/mol.